The molecular formula is C15H11N3O7S2. The molecule has 3 N–H and O–H groups in total. The standard InChI is InChI=1S/C15H11N3O7S2/c19-15-13(27(23,24)25)7-9-6-11(26(20,21)22)3-4-12(9)14(15)18-17-10-2-1-5-16-8-10/h1-8,19H,(H,20,21,22)(H,23,24,25). The highest BCUT2D eigenvalue weighted by Gasteiger charge is 2.22. The van der Waals surface area contributed by atoms with Gasteiger partial charge in [-0.2, -0.15) is 16.8 Å². The molecule has 0 aliphatic heterocycles. The maximum atomic E-state index is 11.6. The summed E-state index contributed by atoms with van der Waals surface area (Å²) in [6, 6.07) is 7.23. The number of fused-ring (bicyclic) bond motifs is 1. The van der Waals surface area contributed by atoms with E-state index in [2.05, 4.69) is 15.2 Å². The molecule has 0 aliphatic carbocycles. The van der Waals surface area contributed by atoms with Crippen molar-refractivity contribution in [2.45, 2.75) is 9.79 Å². The monoisotopic (exact) mass is 409 g/mol. The SMILES string of the molecule is O=S(=O)(O)c1ccc2c(N=Nc3cccnc3)c(O)c(S(=O)(=O)O)cc2c1. The Labute approximate surface area is 153 Å². The van der Waals surface area contributed by atoms with Gasteiger partial charge in [0.2, 0.25) is 0 Å². The van der Waals surface area contributed by atoms with Crippen LogP contribution in [0, 0.1) is 0 Å². The summed E-state index contributed by atoms with van der Waals surface area (Å²) < 4.78 is 64.2. The number of phenolic OH excluding ortho intramolecular Hbond substituents is 1. The van der Waals surface area contributed by atoms with Crippen molar-refractivity contribution in [3.8, 4) is 5.75 Å². The quantitative estimate of drug-likeness (QED) is 0.437. The van der Waals surface area contributed by atoms with E-state index in [9.17, 15) is 26.5 Å². The van der Waals surface area contributed by atoms with E-state index in [4.69, 9.17) is 4.55 Å². The van der Waals surface area contributed by atoms with Crippen LogP contribution >= 0.6 is 0 Å². The second kappa shape index (κ2) is 6.66. The van der Waals surface area contributed by atoms with Crippen LogP contribution in [0.1, 0.15) is 0 Å². The molecule has 0 spiro atoms. The number of benzene rings is 2. The smallest absolute Gasteiger partial charge is 0.298 e. The molecule has 10 nitrogen and oxygen atoms in total. The highest BCUT2D eigenvalue weighted by atomic mass is 32.2. The van der Waals surface area contributed by atoms with E-state index in [1.165, 1.54) is 18.5 Å². The van der Waals surface area contributed by atoms with E-state index >= 15 is 0 Å². The number of azo groups is 1. The normalized spacial score (nSPS) is 12.7. The molecule has 0 unspecified atom stereocenters. The molecule has 1 heterocycles. The molecule has 27 heavy (non-hydrogen) atoms. The minimum atomic E-state index is -4.85. The molecule has 0 aliphatic rings. The van der Waals surface area contributed by atoms with Crippen molar-refractivity contribution in [2.24, 2.45) is 10.2 Å². The fourth-order valence-corrected chi connectivity index (χ4v) is 3.44. The van der Waals surface area contributed by atoms with Gasteiger partial charge < -0.3 is 5.11 Å². The molecule has 3 rings (SSSR count). The van der Waals surface area contributed by atoms with E-state index in [0.29, 0.717) is 5.69 Å². The van der Waals surface area contributed by atoms with Gasteiger partial charge in [-0.15, -0.1) is 10.2 Å². The van der Waals surface area contributed by atoms with Gasteiger partial charge in [-0.05, 0) is 35.7 Å². The van der Waals surface area contributed by atoms with E-state index < -0.39 is 35.8 Å². The third-order valence-electron chi connectivity index (χ3n) is 3.51. The maximum absolute atomic E-state index is 11.6. The Kier molecular flexibility index (Phi) is 4.65. The lowest BCUT2D eigenvalue weighted by Crippen LogP contribution is -2.00. The van der Waals surface area contributed by atoms with Gasteiger partial charge in [0.1, 0.15) is 16.3 Å². The zero-order valence-electron chi connectivity index (χ0n) is 13.3. The highest BCUT2D eigenvalue weighted by Crippen LogP contribution is 2.41. The van der Waals surface area contributed by atoms with Gasteiger partial charge in [-0.25, -0.2) is 0 Å². The maximum Gasteiger partial charge on any atom is 0.298 e. The van der Waals surface area contributed by atoms with Gasteiger partial charge in [0.05, 0.1) is 11.1 Å². The molecule has 0 fully saturated rings. The lowest BCUT2D eigenvalue weighted by atomic mass is 10.1. The van der Waals surface area contributed by atoms with E-state index in [0.717, 1.165) is 18.2 Å². The number of rotatable bonds is 4. The zero-order chi connectivity index (χ0) is 19.8. The molecule has 0 amide bonds. The van der Waals surface area contributed by atoms with Crippen LogP contribution in [-0.4, -0.2) is 36.0 Å². The number of pyridine rings is 1. The summed E-state index contributed by atoms with van der Waals surface area (Å²) in [7, 11) is -9.41. The van der Waals surface area contributed by atoms with Gasteiger partial charge in [-0.3, -0.25) is 14.1 Å². The summed E-state index contributed by atoms with van der Waals surface area (Å²) in [4.78, 5) is 2.44. The van der Waals surface area contributed by atoms with Gasteiger partial charge >= 0.3 is 0 Å². The molecule has 140 valence electrons. The Morgan fingerprint density at radius 2 is 1.67 bits per heavy atom. The van der Waals surface area contributed by atoms with Gasteiger partial charge in [-0.1, -0.05) is 6.07 Å². The molecule has 1 aromatic heterocycles. The summed E-state index contributed by atoms with van der Waals surface area (Å²) in [5, 5.41) is 18.0. The molecule has 0 saturated carbocycles. The minimum absolute atomic E-state index is 0.0179. The van der Waals surface area contributed by atoms with Crippen LogP contribution in [0.15, 0.2) is 68.8 Å². The predicted molar refractivity (Wildman–Crippen MR) is 93.7 cm³/mol. The van der Waals surface area contributed by atoms with Crippen molar-refractivity contribution in [1.29, 1.82) is 0 Å². The van der Waals surface area contributed by atoms with Crippen molar-refractivity contribution < 1.29 is 31.0 Å². The lowest BCUT2D eigenvalue weighted by molar-refractivity contribution is 0.445. The van der Waals surface area contributed by atoms with Crippen molar-refractivity contribution in [3.63, 3.8) is 0 Å². The Morgan fingerprint density at radius 1 is 0.926 bits per heavy atom. The number of aromatic nitrogens is 1. The third-order valence-corrected chi connectivity index (χ3v) is 5.23. The van der Waals surface area contributed by atoms with Gasteiger partial charge in [0.25, 0.3) is 20.2 Å². The summed E-state index contributed by atoms with van der Waals surface area (Å²) in [6.07, 6.45) is 2.87. The number of nitrogens with zero attached hydrogens (tertiary/aromatic N) is 3. The van der Waals surface area contributed by atoms with Crippen molar-refractivity contribution >= 4 is 42.4 Å². The molecule has 12 heteroatoms. The van der Waals surface area contributed by atoms with Crippen LogP contribution in [0.3, 0.4) is 0 Å². The summed E-state index contributed by atoms with van der Waals surface area (Å²) in [5.74, 6) is -0.864. The Morgan fingerprint density at radius 3 is 2.26 bits per heavy atom. The Balaban J connectivity index is 2.33. The van der Waals surface area contributed by atoms with Crippen LogP contribution in [0.25, 0.3) is 10.8 Å². The second-order valence-corrected chi connectivity index (χ2v) is 8.13. The summed E-state index contributed by atoms with van der Waals surface area (Å²) in [5.41, 5.74) is -0.0114. The fourth-order valence-electron chi connectivity index (χ4n) is 2.31. The molecular weight excluding hydrogens is 398 g/mol. The largest absolute Gasteiger partial charge is 0.504 e. The van der Waals surface area contributed by atoms with Crippen LogP contribution in [0.2, 0.25) is 0 Å². The third kappa shape index (κ3) is 3.93. The Hall–Kier alpha value is -2.93. The van der Waals surface area contributed by atoms with Crippen LogP contribution < -0.4 is 0 Å². The topological polar surface area (TPSA) is 167 Å². The molecule has 0 bridgehead atoms. The number of hydrogen-bond acceptors (Lipinski definition) is 8. The first-order valence-corrected chi connectivity index (χ1v) is 10.0. The van der Waals surface area contributed by atoms with Crippen molar-refractivity contribution in [1.82, 2.24) is 4.98 Å². The first-order valence-electron chi connectivity index (χ1n) is 7.14. The Bertz CT molecular complexity index is 1270. The van der Waals surface area contributed by atoms with Crippen LogP contribution in [0.4, 0.5) is 11.4 Å². The van der Waals surface area contributed by atoms with E-state index in [1.807, 2.05) is 0 Å². The molecule has 0 radical (unpaired) electrons. The van der Waals surface area contributed by atoms with Crippen LogP contribution in [-0.2, 0) is 20.2 Å². The number of phenols is 1. The molecule has 2 aromatic carbocycles. The van der Waals surface area contributed by atoms with E-state index in [-0.39, 0.29) is 16.5 Å². The average molecular weight is 409 g/mol. The zero-order valence-corrected chi connectivity index (χ0v) is 14.9. The first kappa shape index (κ1) is 18.8. The fraction of sp³-hybridized carbons (Fsp3) is 0. The minimum Gasteiger partial charge on any atom is -0.504 e. The molecule has 0 atom stereocenters. The van der Waals surface area contributed by atoms with Gasteiger partial charge in [0.15, 0.2) is 5.75 Å². The van der Waals surface area contributed by atoms with Gasteiger partial charge in [0, 0.05) is 11.6 Å². The van der Waals surface area contributed by atoms with Crippen LogP contribution in [0.5, 0.6) is 5.75 Å². The number of aromatic hydroxyl groups is 1. The first-order chi connectivity index (χ1) is 12.6. The summed E-state index contributed by atoms with van der Waals surface area (Å²) in [6.45, 7) is 0. The lowest BCUT2D eigenvalue weighted by Gasteiger charge is -2.09. The molecule has 0 saturated heterocycles. The van der Waals surface area contributed by atoms with E-state index in [1.54, 1.807) is 12.1 Å². The highest BCUT2D eigenvalue weighted by molar-refractivity contribution is 7.86. The summed E-state index contributed by atoms with van der Waals surface area (Å²) >= 11 is 0. The van der Waals surface area contributed by atoms with Crippen molar-refractivity contribution in [3.05, 3.63) is 48.8 Å². The second-order valence-electron chi connectivity index (χ2n) is 5.32. The van der Waals surface area contributed by atoms with Crippen molar-refractivity contribution in [2.75, 3.05) is 0 Å². The number of hydrogen-bond donors (Lipinski definition) is 3. The average Bonchev–Trinajstić information content (AvgIpc) is 2.59. The molecule has 3 aromatic rings. The predicted octanol–water partition coefficient (Wildman–Crippen LogP) is 2.85.